The molecule has 0 aromatic carbocycles. The van der Waals surface area contributed by atoms with Crippen LogP contribution in [0.1, 0.15) is 24.2 Å². The first kappa shape index (κ1) is 13.4. The minimum absolute atomic E-state index is 0.0433. The van der Waals surface area contributed by atoms with Gasteiger partial charge < -0.3 is 15.1 Å². The average molecular weight is 242 g/mol. The van der Waals surface area contributed by atoms with Gasteiger partial charge in [0.2, 0.25) is 0 Å². The van der Waals surface area contributed by atoms with Gasteiger partial charge in [0.1, 0.15) is 17.2 Å². The first-order valence-corrected chi connectivity index (χ1v) is 5.23. The highest BCUT2D eigenvalue weighted by atomic mass is 19.1. The molecule has 0 atom stereocenters. The fraction of sp³-hybridized carbons (Fsp3) is 0.455. The first-order valence-electron chi connectivity index (χ1n) is 5.23. The van der Waals surface area contributed by atoms with Crippen LogP contribution >= 0.6 is 0 Å². The van der Waals surface area contributed by atoms with Gasteiger partial charge in [-0.2, -0.15) is 0 Å². The molecule has 1 rings (SSSR count). The van der Waals surface area contributed by atoms with E-state index in [1.165, 1.54) is 0 Å². The van der Waals surface area contributed by atoms with Crippen LogP contribution in [0.2, 0.25) is 0 Å². The van der Waals surface area contributed by atoms with Crippen molar-refractivity contribution in [2.24, 2.45) is 0 Å². The highest BCUT2D eigenvalue weighted by Gasteiger charge is 2.20. The van der Waals surface area contributed by atoms with Gasteiger partial charge in [-0.15, -0.1) is 0 Å². The molecule has 1 heterocycles. The van der Waals surface area contributed by atoms with Crippen LogP contribution < -0.4 is 4.90 Å². The summed E-state index contributed by atoms with van der Waals surface area (Å²) in [6.45, 7) is 3.80. The SMILES string of the molecule is CC(C)N(CCO)c1ncc(F)cc1C(=O)O. The predicted molar refractivity (Wildman–Crippen MR) is 60.7 cm³/mol. The molecule has 0 amide bonds. The fourth-order valence-corrected chi connectivity index (χ4v) is 1.53. The van der Waals surface area contributed by atoms with Crippen molar-refractivity contribution in [1.82, 2.24) is 4.98 Å². The molecule has 0 unspecified atom stereocenters. The molecule has 0 saturated carbocycles. The Kier molecular flexibility index (Phi) is 4.39. The zero-order valence-electron chi connectivity index (χ0n) is 9.72. The van der Waals surface area contributed by atoms with Crippen LogP contribution in [0.25, 0.3) is 0 Å². The number of aliphatic hydroxyl groups is 1. The van der Waals surface area contributed by atoms with Crippen LogP contribution in [0.4, 0.5) is 10.2 Å². The number of carbonyl (C=O) groups is 1. The van der Waals surface area contributed by atoms with Crippen molar-refractivity contribution < 1.29 is 19.4 Å². The van der Waals surface area contributed by atoms with E-state index in [0.717, 1.165) is 12.3 Å². The summed E-state index contributed by atoms with van der Waals surface area (Å²) in [7, 11) is 0. The Hall–Kier alpha value is -1.69. The molecule has 1 aromatic heterocycles. The van der Waals surface area contributed by atoms with Crippen molar-refractivity contribution in [2.75, 3.05) is 18.1 Å². The lowest BCUT2D eigenvalue weighted by Crippen LogP contribution is -2.35. The third-order valence-corrected chi connectivity index (χ3v) is 2.30. The number of hydrogen-bond acceptors (Lipinski definition) is 4. The van der Waals surface area contributed by atoms with Gasteiger partial charge in [0.15, 0.2) is 0 Å². The van der Waals surface area contributed by atoms with Gasteiger partial charge in [-0.25, -0.2) is 14.2 Å². The van der Waals surface area contributed by atoms with E-state index < -0.39 is 11.8 Å². The summed E-state index contributed by atoms with van der Waals surface area (Å²) < 4.78 is 13.0. The molecule has 0 saturated heterocycles. The maximum absolute atomic E-state index is 13.0. The summed E-state index contributed by atoms with van der Waals surface area (Å²) in [6.07, 6.45) is 0.967. The molecule has 0 spiro atoms. The number of rotatable bonds is 5. The lowest BCUT2D eigenvalue weighted by atomic mass is 10.2. The molecule has 0 aliphatic heterocycles. The van der Waals surface area contributed by atoms with E-state index in [4.69, 9.17) is 10.2 Å². The van der Waals surface area contributed by atoms with E-state index in [1.807, 2.05) is 13.8 Å². The van der Waals surface area contributed by atoms with E-state index in [9.17, 15) is 9.18 Å². The first-order chi connectivity index (χ1) is 7.97. The van der Waals surface area contributed by atoms with E-state index in [-0.39, 0.29) is 30.6 Å². The predicted octanol–water partition coefficient (Wildman–Crippen LogP) is 1.13. The number of aromatic carboxylic acids is 1. The molecule has 0 radical (unpaired) electrons. The molecule has 2 N–H and O–H groups in total. The third kappa shape index (κ3) is 3.13. The Balaban J connectivity index is 3.22. The number of nitrogens with zero attached hydrogens (tertiary/aromatic N) is 2. The van der Waals surface area contributed by atoms with Crippen molar-refractivity contribution in [3.63, 3.8) is 0 Å². The number of aliphatic hydroxyl groups excluding tert-OH is 1. The van der Waals surface area contributed by atoms with E-state index >= 15 is 0 Å². The molecule has 94 valence electrons. The second-order valence-electron chi connectivity index (χ2n) is 3.84. The third-order valence-electron chi connectivity index (χ3n) is 2.30. The number of carboxylic acid groups (broad SMARTS) is 1. The molecule has 6 heteroatoms. The summed E-state index contributed by atoms with van der Waals surface area (Å²) in [5.74, 6) is -1.77. The Labute approximate surface area is 98.5 Å². The van der Waals surface area contributed by atoms with Gasteiger partial charge in [0.25, 0.3) is 0 Å². The van der Waals surface area contributed by atoms with Gasteiger partial charge in [-0.05, 0) is 19.9 Å². The monoisotopic (exact) mass is 242 g/mol. The summed E-state index contributed by atoms with van der Waals surface area (Å²) in [5.41, 5.74) is -0.202. The van der Waals surface area contributed by atoms with E-state index in [1.54, 1.807) is 4.90 Å². The van der Waals surface area contributed by atoms with E-state index in [0.29, 0.717) is 0 Å². The summed E-state index contributed by atoms with van der Waals surface area (Å²) in [6, 6.07) is 0.885. The molecule has 5 nitrogen and oxygen atoms in total. The van der Waals surface area contributed by atoms with Crippen molar-refractivity contribution in [3.05, 3.63) is 23.6 Å². The highest BCUT2D eigenvalue weighted by molar-refractivity contribution is 5.93. The van der Waals surface area contributed by atoms with Crippen LogP contribution in [0.15, 0.2) is 12.3 Å². The van der Waals surface area contributed by atoms with Crippen LogP contribution in [-0.2, 0) is 0 Å². The summed E-state index contributed by atoms with van der Waals surface area (Å²) >= 11 is 0. The van der Waals surface area contributed by atoms with Crippen molar-refractivity contribution in [2.45, 2.75) is 19.9 Å². The number of aromatic nitrogens is 1. The molecular weight excluding hydrogens is 227 g/mol. The van der Waals surface area contributed by atoms with Crippen molar-refractivity contribution in [3.8, 4) is 0 Å². The van der Waals surface area contributed by atoms with Gasteiger partial charge in [0, 0.05) is 12.6 Å². The van der Waals surface area contributed by atoms with Crippen molar-refractivity contribution in [1.29, 1.82) is 0 Å². The quantitative estimate of drug-likeness (QED) is 0.809. The molecule has 1 aromatic rings. The number of hydrogen-bond donors (Lipinski definition) is 2. The lowest BCUT2D eigenvalue weighted by Gasteiger charge is -2.28. The van der Waals surface area contributed by atoms with Gasteiger partial charge in [0.05, 0.1) is 12.8 Å². The highest BCUT2D eigenvalue weighted by Crippen LogP contribution is 2.20. The Morgan fingerprint density at radius 3 is 2.71 bits per heavy atom. The Morgan fingerprint density at radius 2 is 2.24 bits per heavy atom. The van der Waals surface area contributed by atoms with Crippen LogP contribution in [0, 0.1) is 5.82 Å². The van der Waals surface area contributed by atoms with E-state index in [2.05, 4.69) is 4.98 Å². The standard InChI is InChI=1S/C11H15FN2O3/c1-7(2)14(3-4-15)10-9(11(16)17)5-8(12)6-13-10/h5-7,15H,3-4H2,1-2H3,(H,16,17). The smallest absolute Gasteiger partial charge is 0.339 e. The molecular formula is C11H15FN2O3. The normalized spacial score (nSPS) is 10.6. The van der Waals surface area contributed by atoms with Crippen LogP contribution in [0.5, 0.6) is 0 Å². The Morgan fingerprint density at radius 1 is 1.59 bits per heavy atom. The largest absolute Gasteiger partial charge is 0.478 e. The maximum Gasteiger partial charge on any atom is 0.339 e. The summed E-state index contributed by atoms with van der Waals surface area (Å²) in [5, 5.41) is 17.9. The van der Waals surface area contributed by atoms with Gasteiger partial charge in [-0.1, -0.05) is 0 Å². The molecule has 17 heavy (non-hydrogen) atoms. The molecule has 0 bridgehead atoms. The fourth-order valence-electron chi connectivity index (χ4n) is 1.53. The number of anilines is 1. The second-order valence-corrected chi connectivity index (χ2v) is 3.84. The second kappa shape index (κ2) is 5.58. The average Bonchev–Trinajstić information content (AvgIpc) is 2.26. The Bertz CT molecular complexity index is 410. The minimum atomic E-state index is -1.24. The van der Waals surface area contributed by atoms with Crippen LogP contribution in [0.3, 0.4) is 0 Å². The number of pyridine rings is 1. The van der Waals surface area contributed by atoms with Gasteiger partial charge in [-0.3, -0.25) is 0 Å². The zero-order valence-corrected chi connectivity index (χ0v) is 9.72. The number of halogens is 1. The topological polar surface area (TPSA) is 73.7 Å². The van der Waals surface area contributed by atoms with Crippen molar-refractivity contribution >= 4 is 11.8 Å². The number of carboxylic acids is 1. The maximum atomic E-state index is 13.0. The molecule has 0 aliphatic rings. The van der Waals surface area contributed by atoms with Gasteiger partial charge >= 0.3 is 5.97 Å². The van der Waals surface area contributed by atoms with Crippen LogP contribution in [-0.4, -0.2) is 40.4 Å². The minimum Gasteiger partial charge on any atom is -0.478 e. The molecule has 0 fully saturated rings. The molecule has 0 aliphatic carbocycles. The summed E-state index contributed by atoms with van der Waals surface area (Å²) in [4.78, 5) is 16.4. The lowest BCUT2D eigenvalue weighted by molar-refractivity contribution is 0.0696. The zero-order chi connectivity index (χ0) is 13.0.